The summed E-state index contributed by atoms with van der Waals surface area (Å²) in [4.78, 5) is 24.1. The van der Waals surface area contributed by atoms with Crippen molar-refractivity contribution in [3.63, 3.8) is 0 Å². The van der Waals surface area contributed by atoms with Gasteiger partial charge in [-0.2, -0.15) is 0 Å². The van der Waals surface area contributed by atoms with Crippen molar-refractivity contribution < 1.29 is 14.3 Å². The van der Waals surface area contributed by atoms with Crippen LogP contribution in [0.5, 0.6) is 0 Å². The Kier molecular flexibility index (Phi) is 6.19. The average molecular weight is 397 g/mol. The zero-order chi connectivity index (χ0) is 16.8. The van der Waals surface area contributed by atoms with E-state index in [2.05, 4.69) is 21.2 Å². The van der Waals surface area contributed by atoms with Gasteiger partial charge in [0.05, 0.1) is 10.6 Å². The lowest BCUT2D eigenvalue weighted by atomic mass is 10.2. The first-order chi connectivity index (χ1) is 11.0. The second kappa shape index (κ2) is 8.13. The fourth-order valence-electron chi connectivity index (χ4n) is 1.88. The number of hydrogen-bond donors (Lipinski definition) is 1. The molecule has 1 N–H and O–H groups in total. The standard InChI is InChI=1S/C17H15BrClNO3/c1-11(20-16(21)14-7-2-3-8-15(14)19)17(22)23-10-12-5-4-6-13(18)9-12/h2-9,11H,10H2,1H3,(H,20,21)/t11-/m0/s1. The van der Waals surface area contributed by atoms with E-state index in [0.717, 1.165) is 10.0 Å². The van der Waals surface area contributed by atoms with Gasteiger partial charge in [-0.15, -0.1) is 0 Å². The molecule has 0 aliphatic rings. The first kappa shape index (κ1) is 17.5. The molecule has 0 aromatic heterocycles. The van der Waals surface area contributed by atoms with E-state index in [4.69, 9.17) is 16.3 Å². The Labute approximate surface area is 147 Å². The Hall–Kier alpha value is -1.85. The van der Waals surface area contributed by atoms with Crippen molar-refractivity contribution in [2.24, 2.45) is 0 Å². The van der Waals surface area contributed by atoms with E-state index in [1.54, 1.807) is 31.2 Å². The summed E-state index contributed by atoms with van der Waals surface area (Å²) in [5.41, 5.74) is 1.18. The molecule has 0 saturated carbocycles. The zero-order valence-electron chi connectivity index (χ0n) is 12.4. The SMILES string of the molecule is C[C@H](NC(=O)c1ccccc1Cl)C(=O)OCc1cccc(Br)c1. The van der Waals surface area contributed by atoms with Crippen LogP contribution >= 0.6 is 27.5 Å². The van der Waals surface area contributed by atoms with E-state index >= 15 is 0 Å². The summed E-state index contributed by atoms with van der Waals surface area (Å²) in [6.45, 7) is 1.71. The third kappa shape index (κ3) is 5.08. The highest BCUT2D eigenvalue weighted by Crippen LogP contribution is 2.15. The highest BCUT2D eigenvalue weighted by atomic mass is 79.9. The van der Waals surface area contributed by atoms with Crippen molar-refractivity contribution in [2.45, 2.75) is 19.6 Å². The van der Waals surface area contributed by atoms with Crippen molar-refractivity contribution in [3.05, 3.63) is 69.2 Å². The molecule has 120 valence electrons. The Morgan fingerprint density at radius 2 is 1.96 bits per heavy atom. The molecule has 23 heavy (non-hydrogen) atoms. The Morgan fingerprint density at radius 3 is 2.65 bits per heavy atom. The molecule has 1 atom stereocenters. The number of hydrogen-bond acceptors (Lipinski definition) is 3. The van der Waals surface area contributed by atoms with Gasteiger partial charge in [-0.25, -0.2) is 4.79 Å². The summed E-state index contributed by atoms with van der Waals surface area (Å²) in [5, 5.41) is 2.91. The van der Waals surface area contributed by atoms with Crippen LogP contribution in [0, 0.1) is 0 Å². The summed E-state index contributed by atoms with van der Waals surface area (Å²) in [7, 11) is 0. The molecule has 0 spiro atoms. The summed E-state index contributed by atoms with van der Waals surface area (Å²) in [6.07, 6.45) is 0. The fraction of sp³-hybridized carbons (Fsp3) is 0.176. The molecule has 0 radical (unpaired) electrons. The molecule has 0 fully saturated rings. The molecule has 0 saturated heterocycles. The minimum Gasteiger partial charge on any atom is -0.459 e. The van der Waals surface area contributed by atoms with Gasteiger partial charge in [0.25, 0.3) is 5.91 Å². The number of nitrogens with one attached hydrogen (secondary N) is 1. The normalized spacial score (nSPS) is 11.6. The minimum absolute atomic E-state index is 0.143. The Bertz CT molecular complexity index is 720. The van der Waals surface area contributed by atoms with Crippen molar-refractivity contribution in [3.8, 4) is 0 Å². The predicted molar refractivity (Wildman–Crippen MR) is 92.3 cm³/mol. The monoisotopic (exact) mass is 395 g/mol. The lowest BCUT2D eigenvalue weighted by Gasteiger charge is -2.14. The van der Waals surface area contributed by atoms with Crippen molar-refractivity contribution in [2.75, 3.05) is 0 Å². The summed E-state index contributed by atoms with van der Waals surface area (Å²) in [5.74, 6) is -0.923. The first-order valence-corrected chi connectivity index (χ1v) is 8.11. The van der Waals surface area contributed by atoms with Crippen molar-refractivity contribution in [1.82, 2.24) is 5.32 Å². The van der Waals surface area contributed by atoms with Crippen LogP contribution in [0.3, 0.4) is 0 Å². The summed E-state index contributed by atoms with van der Waals surface area (Å²) < 4.78 is 6.11. The molecule has 4 nitrogen and oxygen atoms in total. The number of esters is 1. The number of halogens is 2. The van der Waals surface area contributed by atoms with Crippen molar-refractivity contribution >= 4 is 39.4 Å². The number of ether oxygens (including phenoxy) is 1. The average Bonchev–Trinajstić information content (AvgIpc) is 2.53. The van der Waals surface area contributed by atoms with E-state index in [9.17, 15) is 9.59 Å². The largest absolute Gasteiger partial charge is 0.459 e. The van der Waals surface area contributed by atoms with Crippen LogP contribution < -0.4 is 5.32 Å². The van der Waals surface area contributed by atoms with E-state index in [-0.39, 0.29) is 6.61 Å². The molecule has 0 aliphatic heterocycles. The van der Waals surface area contributed by atoms with Gasteiger partial charge in [0.1, 0.15) is 12.6 Å². The van der Waals surface area contributed by atoms with Crippen LogP contribution in [0.4, 0.5) is 0 Å². The fourth-order valence-corrected chi connectivity index (χ4v) is 2.55. The van der Waals surface area contributed by atoms with Gasteiger partial charge >= 0.3 is 5.97 Å². The highest BCUT2D eigenvalue weighted by molar-refractivity contribution is 9.10. The molecular weight excluding hydrogens is 382 g/mol. The minimum atomic E-state index is -0.772. The van der Waals surface area contributed by atoms with Crippen LogP contribution in [-0.4, -0.2) is 17.9 Å². The number of amides is 1. The van der Waals surface area contributed by atoms with Crippen LogP contribution in [0.1, 0.15) is 22.8 Å². The van der Waals surface area contributed by atoms with Crippen LogP contribution in [0.25, 0.3) is 0 Å². The molecule has 0 aliphatic carbocycles. The molecule has 2 rings (SSSR count). The van der Waals surface area contributed by atoms with Gasteiger partial charge in [0.2, 0.25) is 0 Å². The van der Waals surface area contributed by atoms with Gasteiger partial charge in [-0.05, 0) is 36.8 Å². The molecule has 2 aromatic carbocycles. The van der Waals surface area contributed by atoms with Crippen LogP contribution in [-0.2, 0) is 16.1 Å². The second-order valence-corrected chi connectivity index (χ2v) is 6.24. The quantitative estimate of drug-likeness (QED) is 0.778. The summed E-state index contributed by atoms with van der Waals surface area (Å²) >= 11 is 9.31. The maximum Gasteiger partial charge on any atom is 0.328 e. The number of benzene rings is 2. The lowest BCUT2D eigenvalue weighted by Crippen LogP contribution is -2.39. The molecule has 0 bridgehead atoms. The van der Waals surface area contributed by atoms with Gasteiger partial charge in [-0.1, -0.05) is 51.8 Å². The number of rotatable bonds is 5. The molecule has 6 heteroatoms. The molecular formula is C17H15BrClNO3. The van der Waals surface area contributed by atoms with E-state index < -0.39 is 17.9 Å². The smallest absolute Gasteiger partial charge is 0.328 e. The molecule has 0 heterocycles. The number of carbonyl (C=O) groups excluding carboxylic acids is 2. The maximum atomic E-state index is 12.1. The number of carbonyl (C=O) groups is 2. The Morgan fingerprint density at radius 1 is 1.22 bits per heavy atom. The van der Waals surface area contributed by atoms with Crippen LogP contribution in [0.2, 0.25) is 5.02 Å². The maximum absolute atomic E-state index is 12.1. The topological polar surface area (TPSA) is 55.4 Å². The zero-order valence-corrected chi connectivity index (χ0v) is 14.7. The molecule has 0 unspecified atom stereocenters. The molecule has 2 aromatic rings. The van der Waals surface area contributed by atoms with Gasteiger partial charge in [0.15, 0.2) is 0 Å². The Balaban J connectivity index is 1.90. The van der Waals surface area contributed by atoms with E-state index in [1.807, 2.05) is 24.3 Å². The summed E-state index contributed by atoms with van der Waals surface area (Å²) in [6, 6.07) is 13.3. The van der Waals surface area contributed by atoms with E-state index in [1.165, 1.54) is 0 Å². The third-order valence-electron chi connectivity index (χ3n) is 3.09. The third-order valence-corrected chi connectivity index (χ3v) is 3.91. The second-order valence-electron chi connectivity index (χ2n) is 4.91. The highest BCUT2D eigenvalue weighted by Gasteiger charge is 2.19. The van der Waals surface area contributed by atoms with E-state index in [0.29, 0.717) is 10.6 Å². The van der Waals surface area contributed by atoms with Gasteiger partial charge in [-0.3, -0.25) is 4.79 Å². The predicted octanol–water partition coefficient (Wildman–Crippen LogP) is 3.96. The molecule has 1 amide bonds. The van der Waals surface area contributed by atoms with Crippen molar-refractivity contribution in [1.29, 1.82) is 0 Å². The first-order valence-electron chi connectivity index (χ1n) is 6.94. The van der Waals surface area contributed by atoms with Gasteiger partial charge < -0.3 is 10.1 Å². The van der Waals surface area contributed by atoms with Crippen LogP contribution in [0.15, 0.2) is 53.0 Å². The van der Waals surface area contributed by atoms with Gasteiger partial charge in [0, 0.05) is 4.47 Å². The lowest BCUT2D eigenvalue weighted by molar-refractivity contribution is -0.146.